The predicted octanol–water partition coefficient (Wildman–Crippen LogP) is 2.65. The van der Waals surface area contributed by atoms with Crippen LogP contribution in [0.4, 0.5) is 0 Å². The average molecular weight is 552 g/mol. The maximum atomic E-state index is 13.4. The first-order chi connectivity index (χ1) is 19.2. The van der Waals surface area contributed by atoms with Crippen LogP contribution in [0, 0.1) is 12.8 Å². The highest BCUT2D eigenvalue weighted by Gasteiger charge is 2.46. The smallest absolute Gasteiger partial charge is 0.295 e. The Hall–Kier alpha value is -3.89. The van der Waals surface area contributed by atoms with Gasteiger partial charge in [-0.15, -0.1) is 0 Å². The Morgan fingerprint density at radius 1 is 1.07 bits per heavy atom. The van der Waals surface area contributed by atoms with Crippen LogP contribution in [-0.4, -0.2) is 85.1 Å². The number of rotatable bonds is 11. The number of nitrogens with two attached hydrogens (primary N) is 1. The van der Waals surface area contributed by atoms with Gasteiger partial charge in [-0.25, -0.2) is 0 Å². The van der Waals surface area contributed by atoms with Crippen molar-refractivity contribution in [2.24, 2.45) is 11.7 Å². The van der Waals surface area contributed by atoms with Crippen LogP contribution in [0.25, 0.3) is 5.76 Å². The summed E-state index contributed by atoms with van der Waals surface area (Å²) in [5.41, 5.74) is 7.05. The zero-order valence-electron chi connectivity index (χ0n) is 23.2. The zero-order chi connectivity index (χ0) is 28.8. The van der Waals surface area contributed by atoms with E-state index in [-0.39, 0.29) is 17.9 Å². The molecule has 10 heteroatoms. The van der Waals surface area contributed by atoms with Gasteiger partial charge < -0.3 is 30.0 Å². The minimum absolute atomic E-state index is 0.0213. The summed E-state index contributed by atoms with van der Waals surface area (Å²) >= 11 is 0. The first-order valence-electron chi connectivity index (χ1n) is 13.5. The van der Waals surface area contributed by atoms with Gasteiger partial charge in [0.15, 0.2) is 6.61 Å². The lowest BCUT2D eigenvalue weighted by Gasteiger charge is -2.31. The molecule has 0 spiro atoms. The van der Waals surface area contributed by atoms with Gasteiger partial charge in [-0.2, -0.15) is 0 Å². The van der Waals surface area contributed by atoms with Crippen LogP contribution >= 0.6 is 0 Å². The van der Waals surface area contributed by atoms with Crippen molar-refractivity contribution in [2.75, 3.05) is 52.6 Å². The van der Waals surface area contributed by atoms with Gasteiger partial charge in [-0.1, -0.05) is 26.0 Å². The normalized spacial score (nSPS) is 19.3. The Balaban J connectivity index is 1.69. The Morgan fingerprint density at radius 2 is 1.77 bits per heavy atom. The molecule has 0 saturated carbocycles. The Kier molecular flexibility index (Phi) is 9.44. The molecule has 2 aromatic rings. The van der Waals surface area contributed by atoms with E-state index in [0.717, 1.165) is 18.7 Å². The third-order valence-electron chi connectivity index (χ3n) is 6.90. The molecule has 1 atom stereocenters. The number of ketones is 1. The summed E-state index contributed by atoms with van der Waals surface area (Å²) < 4.78 is 16.6. The second kappa shape index (κ2) is 13.0. The van der Waals surface area contributed by atoms with Gasteiger partial charge >= 0.3 is 0 Å². The number of Topliss-reactive ketones (excluding diaryl/α,β-unsaturated/α-hetero) is 1. The van der Waals surface area contributed by atoms with Crippen LogP contribution in [0.3, 0.4) is 0 Å². The highest BCUT2D eigenvalue weighted by atomic mass is 16.5. The third-order valence-corrected chi connectivity index (χ3v) is 6.90. The minimum atomic E-state index is -0.802. The van der Waals surface area contributed by atoms with Crippen LogP contribution in [0.5, 0.6) is 11.5 Å². The standard InChI is InChI=1S/C30H37N3O7/c1-19(2)17-40-24-9-6-22(16-20(24)3)28(35)26-27(21-4-7-23(8-5-21)39-18-25(31)34)33(30(37)29(26)36)11-10-32-12-14-38-15-13-32/h4-9,16,19,27,35H,10-15,17-18H2,1-3H3,(H2,31,34). The van der Waals surface area contributed by atoms with Crippen molar-refractivity contribution in [1.82, 2.24) is 9.80 Å². The highest BCUT2D eigenvalue weighted by Crippen LogP contribution is 2.40. The van der Waals surface area contributed by atoms with Crippen LogP contribution in [0.15, 0.2) is 48.0 Å². The van der Waals surface area contributed by atoms with Crippen LogP contribution < -0.4 is 15.2 Å². The van der Waals surface area contributed by atoms with Gasteiger partial charge in [0, 0.05) is 31.7 Å². The second-order valence-electron chi connectivity index (χ2n) is 10.5. The highest BCUT2D eigenvalue weighted by molar-refractivity contribution is 6.46. The number of aryl methyl sites for hydroxylation is 1. The molecule has 214 valence electrons. The van der Waals surface area contributed by atoms with E-state index in [1.54, 1.807) is 42.5 Å². The van der Waals surface area contributed by atoms with Crippen molar-refractivity contribution in [3.63, 3.8) is 0 Å². The number of nitrogens with zero attached hydrogens (tertiary/aromatic N) is 2. The molecule has 2 saturated heterocycles. The van der Waals surface area contributed by atoms with Gasteiger partial charge in [0.05, 0.1) is 31.4 Å². The fraction of sp³-hybridized carbons (Fsp3) is 0.433. The van der Waals surface area contributed by atoms with Crippen LogP contribution in [0.2, 0.25) is 0 Å². The summed E-state index contributed by atoms with van der Waals surface area (Å²) in [5.74, 6) is -0.784. The van der Waals surface area contributed by atoms with E-state index in [0.29, 0.717) is 61.5 Å². The number of carbonyl (C=O) groups is 3. The number of hydrogen-bond acceptors (Lipinski definition) is 8. The van der Waals surface area contributed by atoms with Crippen molar-refractivity contribution in [2.45, 2.75) is 26.8 Å². The topological polar surface area (TPSA) is 132 Å². The van der Waals surface area contributed by atoms with E-state index >= 15 is 0 Å². The molecule has 0 radical (unpaired) electrons. The van der Waals surface area contributed by atoms with Crippen molar-refractivity contribution >= 4 is 23.4 Å². The van der Waals surface area contributed by atoms with Crippen LogP contribution in [0.1, 0.15) is 36.6 Å². The monoisotopic (exact) mass is 551 g/mol. The van der Waals surface area contributed by atoms with Crippen LogP contribution in [-0.2, 0) is 19.1 Å². The number of aliphatic hydroxyl groups excluding tert-OH is 1. The van der Waals surface area contributed by atoms with Crippen molar-refractivity contribution in [3.8, 4) is 11.5 Å². The molecule has 0 aromatic heterocycles. The molecule has 2 aliphatic rings. The van der Waals surface area contributed by atoms with E-state index in [4.69, 9.17) is 19.9 Å². The summed E-state index contributed by atoms with van der Waals surface area (Å²) in [6.07, 6.45) is 0. The molecule has 2 aromatic carbocycles. The number of ether oxygens (including phenoxy) is 3. The molecule has 1 unspecified atom stereocenters. The molecular formula is C30H37N3O7. The van der Waals surface area contributed by atoms with Gasteiger partial charge in [0.1, 0.15) is 17.3 Å². The summed E-state index contributed by atoms with van der Waals surface area (Å²) in [5, 5.41) is 11.4. The van der Waals surface area contributed by atoms with E-state index in [9.17, 15) is 19.5 Å². The number of carbonyl (C=O) groups excluding carboxylic acids is 3. The summed E-state index contributed by atoms with van der Waals surface area (Å²) in [7, 11) is 0. The van der Waals surface area contributed by atoms with E-state index in [2.05, 4.69) is 18.7 Å². The molecule has 40 heavy (non-hydrogen) atoms. The maximum absolute atomic E-state index is 13.4. The van der Waals surface area contributed by atoms with Gasteiger partial charge in [0.2, 0.25) is 0 Å². The van der Waals surface area contributed by atoms with Crippen molar-refractivity contribution in [3.05, 3.63) is 64.7 Å². The first-order valence-corrected chi connectivity index (χ1v) is 13.5. The molecule has 3 N–H and O–H groups in total. The fourth-order valence-corrected chi connectivity index (χ4v) is 4.80. The molecule has 0 bridgehead atoms. The fourth-order valence-electron chi connectivity index (χ4n) is 4.80. The third kappa shape index (κ3) is 6.81. The number of benzene rings is 2. The first kappa shape index (κ1) is 29.1. The average Bonchev–Trinajstić information content (AvgIpc) is 3.19. The summed E-state index contributed by atoms with van der Waals surface area (Å²) in [6, 6.07) is 11.1. The summed E-state index contributed by atoms with van der Waals surface area (Å²) in [4.78, 5) is 41.5. The largest absolute Gasteiger partial charge is 0.507 e. The zero-order valence-corrected chi connectivity index (χ0v) is 23.2. The SMILES string of the molecule is Cc1cc(C(O)=C2C(=O)C(=O)N(CCN3CCOCC3)C2c2ccc(OCC(N)=O)cc2)ccc1OCC(C)C. The Labute approximate surface area is 234 Å². The summed E-state index contributed by atoms with van der Waals surface area (Å²) in [6.45, 7) is 9.85. The predicted molar refractivity (Wildman–Crippen MR) is 149 cm³/mol. The van der Waals surface area contributed by atoms with E-state index in [1.165, 1.54) is 4.90 Å². The van der Waals surface area contributed by atoms with Crippen molar-refractivity contribution < 1.29 is 33.7 Å². The van der Waals surface area contributed by atoms with Gasteiger partial charge in [-0.3, -0.25) is 19.3 Å². The molecule has 2 fully saturated rings. The minimum Gasteiger partial charge on any atom is -0.507 e. The number of aliphatic hydroxyl groups is 1. The molecular weight excluding hydrogens is 514 g/mol. The lowest BCUT2D eigenvalue weighted by Crippen LogP contribution is -2.42. The number of primary amides is 1. The van der Waals surface area contributed by atoms with Crippen molar-refractivity contribution in [1.29, 1.82) is 0 Å². The van der Waals surface area contributed by atoms with E-state index < -0.39 is 23.6 Å². The number of morpholine rings is 1. The molecule has 2 amide bonds. The lowest BCUT2D eigenvalue weighted by molar-refractivity contribution is -0.140. The molecule has 0 aliphatic carbocycles. The van der Waals surface area contributed by atoms with E-state index in [1.807, 2.05) is 6.92 Å². The van der Waals surface area contributed by atoms with Gasteiger partial charge in [-0.05, 0) is 54.3 Å². The number of likely N-dealkylation sites (tertiary alicyclic amines) is 1. The molecule has 2 aliphatic heterocycles. The second-order valence-corrected chi connectivity index (χ2v) is 10.5. The molecule has 10 nitrogen and oxygen atoms in total. The quantitative estimate of drug-likeness (QED) is 0.248. The van der Waals surface area contributed by atoms with Gasteiger partial charge in [0.25, 0.3) is 17.6 Å². The number of amides is 2. The molecule has 4 rings (SSSR count). The Morgan fingerprint density at radius 3 is 2.40 bits per heavy atom. The maximum Gasteiger partial charge on any atom is 0.295 e. The Bertz CT molecular complexity index is 1270. The lowest BCUT2D eigenvalue weighted by atomic mass is 9.94. The molecule has 2 heterocycles. The number of hydrogen-bond donors (Lipinski definition) is 2.